The van der Waals surface area contributed by atoms with Crippen LogP contribution < -0.4 is 10.1 Å². The molecule has 0 saturated carbocycles. The Morgan fingerprint density at radius 3 is 2.63 bits per heavy atom. The van der Waals surface area contributed by atoms with Gasteiger partial charge in [0.05, 0.1) is 12.1 Å². The minimum atomic E-state index is -0.396. The van der Waals surface area contributed by atoms with Crippen molar-refractivity contribution < 1.29 is 9.13 Å². The van der Waals surface area contributed by atoms with Crippen LogP contribution in [0.2, 0.25) is 5.02 Å². The molecule has 0 bridgehead atoms. The molecule has 0 atom stereocenters. The first-order chi connectivity index (χ1) is 9.10. The molecule has 0 aliphatic heterocycles. The van der Waals surface area contributed by atoms with E-state index < -0.39 is 5.82 Å². The topological polar surface area (TPSA) is 21.3 Å². The first-order valence-electron chi connectivity index (χ1n) is 5.92. The van der Waals surface area contributed by atoms with Crippen LogP contribution in [0.4, 0.5) is 10.1 Å². The number of rotatable bonds is 4. The summed E-state index contributed by atoms with van der Waals surface area (Å²) in [6.07, 6.45) is 0. The molecule has 2 aromatic carbocycles. The lowest BCUT2D eigenvalue weighted by molar-refractivity contribution is 0.414. The van der Waals surface area contributed by atoms with E-state index in [2.05, 4.69) is 5.32 Å². The van der Waals surface area contributed by atoms with Crippen LogP contribution in [0.1, 0.15) is 11.1 Å². The van der Waals surface area contributed by atoms with E-state index in [0.29, 0.717) is 6.54 Å². The van der Waals surface area contributed by atoms with E-state index in [0.717, 1.165) is 22.6 Å². The van der Waals surface area contributed by atoms with Crippen molar-refractivity contribution >= 4 is 17.3 Å². The fourth-order valence-electron chi connectivity index (χ4n) is 1.81. The third kappa shape index (κ3) is 3.38. The molecule has 4 heteroatoms. The summed E-state index contributed by atoms with van der Waals surface area (Å²) in [5, 5.41) is 3.40. The third-order valence-electron chi connectivity index (χ3n) is 2.90. The van der Waals surface area contributed by atoms with Gasteiger partial charge in [0.15, 0.2) is 0 Å². The van der Waals surface area contributed by atoms with Gasteiger partial charge in [0.2, 0.25) is 0 Å². The highest BCUT2D eigenvalue weighted by atomic mass is 35.5. The van der Waals surface area contributed by atoms with Crippen LogP contribution in [-0.4, -0.2) is 7.11 Å². The lowest BCUT2D eigenvalue weighted by Gasteiger charge is -2.11. The van der Waals surface area contributed by atoms with Gasteiger partial charge in [-0.3, -0.25) is 0 Å². The van der Waals surface area contributed by atoms with Crippen molar-refractivity contribution in [3.05, 3.63) is 58.4 Å². The van der Waals surface area contributed by atoms with Crippen LogP contribution in [0.3, 0.4) is 0 Å². The number of methoxy groups -OCH3 is 1. The predicted octanol–water partition coefficient (Wildman–Crippen LogP) is 4.41. The lowest BCUT2D eigenvalue weighted by Crippen LogP contribution is -2.01. The van der Waals surface area contributed by atoms with Gasteiger partial charge < -0.3 is 10.1 Å². The van der Waals surface area contributed by atoms with Crippen molar-refractivity contribution in [3.8, 4) is 5.75 Å². The molecule has 100 valence electrons. The smallest absolute Gasteiger partial charge is 0.142 e. The maximum atomic E-state index is 13.3. The minimum absolute atomic E-state index is 0.143. The molecule has 0 radical (unpaired) electrons. The Balaban J connectivity index is 2.07. The molecule has 0 unspecified atom stereocenters. The van der Waals surface area contributed by atoms with Gasteiger partial charge in [0.25, 0.3) is 0 Å². The quantitative estimate of drug-likeness (QED) is 0.895. The van der Waals surface area contributed by atoms with E-state index in [-0.39, 0.29) is 5.02 Å². The zero-order valence-corrected chi connectivity index (χ0v) is 11.6. The second-order valence-electron chi connectivity index (χ2n) is 4.28. The zero-order chi connectivity index (χ0) is 13.8. The molecular formula is C15H15ClFNO. The molecular weight excluding hydrogens is 265 g/mol. The summed E-state index contributed by atoms with van der Waals surface area (Å²) < 4.78 is 18.5. The van der Waals surface area contributed by atoms with Crippen LogP contribution in [0.15, 0.2) is 36.4 Å². The van der Waals surface area contributed by atoms with Crippen molar-refractivity contribution in [3.63, 3.8) is 0 Å². The largest absolute Gasteiger partial charge is 0.497 e. The van der Waals surface area contributed by atoms with E-state index in [4.69, 9.17) is 16.3 Å². The molecule has 19 heavy (non-hydrogen) atoms. The second-order valence-corrected chi connectivity index (χ2v) is 4.69. The number of aryl methyl sites for hydroxylation is 1. The number of ether oxygens (including phenoxy) is 1. The van der Waals surface area contributed by atoms with Crippen molar-refractivity contribution in [2.45, 2.75) is 13.5 Å². The molecule has 2 aromatic rings. The maximum absolute atomic E-state index is 13.3. The predicted molar refractivity (Wildman–Crippen MR) is 76.5 cm³/mol. The van der Waals surface area contributed by atoms with E-state index in [1.165, 1.54) is 6.07 Å². The Labute approximate surface area is 117 Å². The summed E-state index contributed by atoms with van der Waals surface area (Å²) in [6.45, 7) is 2.54. The van der Waals surface area contributed by atoms with Gasteiger partial charge in [-0.05, 0) is 48.4 Å². The maximum Gasteiger partial charge on any atom is 0.142 e. The molecule has 0 spiro atoms. The molecule has 0 heterocycles. The fraction of sp³-hybridized carbons (Fsp3) is 0.200. The van der Waals surface area contributed by atoms with Gasteiger partial charge in [-0.15, -0.1) is 0 Å². The standard InChI is InChI=1S/C15H15ClFNO/c1-10-7-12(19-2)4-6-15(10)18-9-11-3-5-13(16)14(17)8-11/h3-8,18H,9H2,1-2H3. The first-order valence-corrected chi connectivity index (χ1v) is 6.30. The second kappa shape index (κ2) is 5.93. The summed E-state index contributed by atoms with van der Waals surface area (Å²) in [5.74, 6) is 0.424. The SMILES string of the molecule is COc1ccc(NCc2ccc(Cl)c(F)c2)c(C)c1. The summed E-state index contributed by atoms with van der Waals surface area (Å²) in [7, 11) is 1.64. The summed E-state index contributed by atoms with van der Waals surface area (Å²) >= 11 is 5.65. The van der Waals surface area contributed by atoms with Crippen LogP contribution in [0.25, 0.3) is 0 Å². The molecule has 1 N–H and O–H groups in total. The number of hydrogen-bond acceptors (Lipinski definition) is 2. The van der Waals surface area contributed by atoms with E-state index in [1.54, 1.807) is 19.2 Å². The monoisotopic (exact) mass is 279 g/mol. The average molecular weight is 280 g/mol. The van der Waals surface area contributed by atoms with Gasteiger partial charge in [0, 0.05) is 12.2 Å². The molecule has 2 nitrogen and oxygen atoms in total. The fourth-order valence-corrected chi connectivity index (χ4v) is 1.93. The molecule has 0 fully saturated rings. The van der Waals surface area contributed by atoms with Gasteiger partial charge in [-0.25, -0.2) is 4.39 Å². The van der Waals surface area contributed by atoms with Crippen molar-refractivity contribution in [2.75, 3.05) is 12.4 Å². The summed E-state index contributed by atoms with van der Waals surface area (Å²) in [6, 6.07) is 10.6. The van der Waals surface area contributed by atoms with Gasteiger partial charge in [-0.1, -0.05) is 17.7 Å². The normalized spacial score (nSPS) is 10.3. The minimum Gasteiger partial charge on any atom is -0.497 e. The number of nitrogens with one attached hydrogen (secondary N) is 1. The number of benzene rings is 2. The number of hydrogen-bond donors (Lipinski definition) is 1. The summed E-state index contributed by atoms with van der Waals surface area (Å²) in [4.78, 5) is 0. The number of halogens is 2. The van der Waals surface area contributed by atoms with Crippen molar-refractivity contribution in [1.29, 1.82) is 0 Å². The molecule has 0 aromatic heterocycles. The molecule has 0 amide bonds. The average Bonchev–Trinajstić information content (AvgIpc) is 2.41. The van der Waals surface area contributed by atoms with Gasteiger partial charge >= 0.3 is 0 Å². The Morgan fingerprint density at radius 2 is 2.00 bits per heavy atom. The van der Waals surface area contributed by atoms with Crippen LogP contribution >= 0.6 is 11.6 Å². The van der Waals surface area contributed by atoms with E-state index in [9.17, 15) is 4.39 Å². The Kier molecular flexibility index (Phi) is 4.27. The highest BCUT2D eigenvalue weighted by Crippen LogP contribution is 2.22. The molecule has 0 aliphatic carbocycles. The lowest BCUT2D eigenvalue weighted by atomic mass is 10.1. The Hall–Kier alpha value is -1.74. The van der Waals surface area contributed by atoms with E-state index in [1.807, 2.05) is 25.1 Å². The van der Waals surface area contributed by atoms with Crippen LogP contribution in [0, 0.1) is 12.7 Å². The van der Waals surface area contributed by atoms with Gasteiger partial charge in [0.1, 0.15) is 11.6 Å². The van der Waals surface area contributed by atoms with Crippen LogP contribution in [-0.2, 0) is 6.54 Å². The Morgan fingerprint density at radius 1 is 1.21 bits per heavy atom. The highest BCUT2D eigenvalue weighted by Gasteiger charge is 2.03. The molecule has 0 aliphatic rings. The summed E-state index contributed by atoms with van der Waals surface area (Å²) in [5.41, 5.74) is 2.92. The number of anilines is 1. The van der Waals surface area contributed by atoms with Crippen LogP contribution in [0.5, 0.6) is 5.75 Å². The highest BCUT2D eigenvalue weighted by molar-refractivity contribution is 6.30. The zero-order valence-electron chi connectivity index (χ0n) is 10.8. The molecule has 2 rings (SSSR count). The third-order valence-corrected chi connectivity index (χ3v) is 3.21. The van der Waals surface area contributed by atoms with E-state index >= 15 is 0 Å². The first kappa shape index (κ1) is 13.7. The molecule has 0 saturated heterocycles. The van der Waals surface area contributed by atoms with Gasteiger partial charge in [-0.2, -0.15) is 0 Å². The Bertz CT molecular complexity index is 586. The van der Waals surface area contributed by atoms with Crippen molar-refractivity contribution in [2.24, 2.45) is 0 Å². The van der Waals surface area contributed by atoms with Crippen molar-refractivity contribution in [1.82, 2.24) is 0 Å².